The van der Waals surface area contributed by atoms with Gasteiger partial charge in [-0.25, -0.2) is 9.97 Å². The molecule has 0 spiro atoms. The molecule has 0 bridgehead atoms. The molecule has 4 aromatic rings. The third kappa shape index (κ3) is 3.41. The standard InChI is InChI=1S/C29H27N7/c30-13-25-27(36-29(34-25)24-12-20-10-22(20)33-24)18-7-3-16(4-8-18)15-1-5-17(6-2-15)26-14-31-28(35-26)23-11-19-9-21(19)32-23/h1-8,14,19-24,32-33H,9-12H2,(H,31,35)(H,34,36)/t19-,20?,21?,22-,23+,24+/m1/s1. The van der Waals surface area contributed by atoms with Gasteiger partial charge in [0.2, 0.25) is 0 Å². The minimum atomic E-state index is 0.234. The van der Waals surface area contributed by atoms with Crippen LogP contribution in [0.1, 0.15) is 55.1 Å². The molecule has 2 aromatic heterocycles. The number of hydrogen-bond acceptors (Lipinski definition) is 5. The normalized spacial score (nSPS) is 29.5. The van der Waals surface area contributed by atoms with Gasteiger partial charge in [-0.1, -0.05) is 48.5 Å². The highest BCUT2D eigenvalue weighted by molar-refractivity contribution is 5.73. The van der Waals surface area contributed by atoms with Crippen molar-refractivity contribution >= 4 is 0 Å². The third-order valence-corrected chi connectivity index (χ3v) is 8.52. The number of hydrogen-bond donors (Lipinski definition) is 4. The molecule has 178 valence electrons. The third-order valence-electron chi connectivity index (χ3n) is 8.52. The molecular weight excluding hydrogens is 446 g/mol. The first kappa shape index (κ1) is 20.5. The number of fused-ring (bicyclic) bond motifs is 2. The predicted molar refractivity (Wildman–Crippen MR) is 137 cm³/mol. The number of benzene rings is 2. The number of rotatable bonds is 5. The van der Waals surface area contributed by atoms with Gasteiger partial charge in [-0.05, 0) is 48.6 Å². The topological polar surface area (TPSA) is 105 Å². The molecule has 2 aliphatic heterocycles. The Bertz CT molecular complexity index is 1470. The highest BCUT2D eigenvalue weighted by Crippen LogP contribution is 2.46. The summed E-state index contributed by atoms with van der Waals surface area (Å²) in [5.74, 6) is 3.57. The smallest absolute Gasteiger partial charge is 0.145 e. The van der Waals surface area contributed by atoms with Gasteiger partial charge in [0.15, 0.2) is 0 Å². The van der Waals surface area contributed by atoms with Crippen LogP contribution < -0.4 is 10.6 Å². The van der Waals surface area contributed by atoms with Crippen LogP contribution in [0.4, 0.5) is 0 Å². The summed E-state index contributed by atoms with van der Waals surface area (Å²) in [7, 11) is 0. The van der Waals surface area contributed by atoms with Gasteiger partial charge in [-0.15, -0.1) is 0 Å². The second kappa shape index (κ2) is 7.63. The summed E-state index contributed by atoms with van der Waals surface area (Å²) in [5.41, 5.74) is 6.61. The summed E-state index contributed by atoms with van der Waals surface area (Å²) in [5, 5.41) is 16.9. The number of nitrogens with one attached hydrogen (secondary N) is 4. The summed E-state index contributed by atoms with van der Waals surface area (Å²) in [6, 6.07) is 21.1. The van der Waals surface area contributed by atoms with Gasteiger partial charge in [0.1, 0.15) is 29.1 Å². The second-order valence-corrected chi connectivity index (χ2v) is 10.9. The molecule has 6 atom stereocenters. The molecule has 7 heteroatoms. The molecule has 2 saturated carbocycles. The van der Waals surface area contributed by atoms with Crippen molar-refractivity contribution in [2.45, 2.75) is 49.9 Å². The molecule has 2 saturated heterocycles. The van der Waals surface area contributed by atoms with Gasteiger partial charge < -0.3 is 20.6 Å². The number of H-pyrrole nitrogens is 2. The van der Waals surface area contributed by atoms with Crippen molar-refractivity contribution in [1.82, 2.24) is 30.6 Å². The van der Waals surface area contributed by atoms with Crippen LogP contribution in [0.2, 0.25) is 0 Å². The SMILES string of the molecule is N#Cc1[nH]c([C@@H]2CC3C[C@H]3N2)nc1-c1ccc(-c2ccc(-c3c[nH]c([C@@H]4C[C@H]5CC5N4)n3)cc2)cc1. The lowest BCUT2D eigenvalue weighted by atomic mass is 10.0. The predicted octanol–water partition coefficient (Wildman–Crippen LogP) is 4.85. The van der Waals surface area contributed by atoms with Crippen LogP contribution in [0, 0.1) is 23.2 Å². The first-order valence-electron chi connectivity index (χ1n) is 13.0. The van der Waals surface area contributed by atoms with Gasteiger partial charge in [0.05, 0.1) is 17.8 Å². The summed E-state index contributed by atoms with van der Waals surface area (Å²) in [4.78, 5) is 16.3. The lowest BCUT2D eigenvalue weighted by molar-refractivity contribution is 0.543. The number of aromatic nitrogens is 4. The van der Waals surface area contributed by atoms with Crippen LogP contribution >= 0.6 is 0 Å². The Balaban J connectivity index is 1.00. The average Bonchev–Trinajstić information content (AvgIpc) is 3.50. The zero-order valence-corrected chi connectivity index (χ0v) is 19.8. The molecule has 4 heterocycles. The number of piperidine rings is 2. The van der Waals surface area contributed by atoms with Crippen molar-refractivity contribution in [3.05, 3.63) is 72.1 Å². The van der Waals surface area contributed by atoms with E-state index in [-0.39, 0.29) is 6.04 Å². The molecule has 0 radical (unpaired) electrons. The summed E-state index contributed by atoms with van der Waals surface area (Å²) >= 11 is 0. The fourth-order valence-corrected chi connectivity index (χ4v) is 6.23. The van der Waals surface area contributed by atoms with Crippen LogP contribution in [0.5, 0.6) is 0 Å². The van der Waals surface area contributed by atoms with Crippen LogP contribution in [-0.2, 0) is 0 Å². The lowest BCUT2D eigenvalue weighted by Gasteiger charge is -2.09. The van der Waals surface area contributed by atoms with Gasteiger partial charge in [-0.2, -0.15) is 5.26 Å². The molecule has 36 heavy (non-hydrogen) atoms. The Morgan fingerprint density at radius 3 is 1.86 bits per heavy atom. The van der Waals surface area contributed by atoms with Gasteiger partial charge in [0, 0.05) is 29.4 Å². The van der Waals surface area contributed by atoms with Gasteiger partial charge in [-0.3, -0.25) is 0 Å². The molecule has 8 rings (SSSR count). The number of nitriles is 1. The fraction of sp³-hybridized carbons (Fsp3) is 0.345. The Kier molecular flexibility index (Phi) is 4.34. The van der Waals surface area contributed by atoms with E-state index in [9.17, 15) is 5.26 Å². The highest BCUT2D eigenvalue weighted by Gasteiger charge is 2.47. The van der Waals surface area contributed by atoms with Crippen molar-refractivity contribution in [2.75, 3.05) is 0 Å². The number of aromatic amines is 2. The quantitative estimate of drug-likeness (QED) is 0.332. The van der Waals surface area contributed by atoms with E-state index in [2.05, 4.69) is 75.2 Å². The van der Waals surface area contributed by atoms with E-state index >= 15 is 0 Å². The maximum absolute atomic E-state index is 9.67. The maximum atomic E-state index is 9.67. The number of imidazole rings is 2. The summed E-state index contributed by atoms with van der Waals surface area (Å²) in [6.07, 6.45) is 6.92. The average molecular weight is 474 g/mol. The lowest BCUT2D eigenvalue weighted by Crippen LogP contribution is -2.18. The molecule has 2 aliphatic carbocycles. The van der Waals surface area contributed by atoms with Crippen molar-refractivity contribution in [1.29, 1.82) is 5.26 Å². The molecule has 4 N–H and O–H groups in total. The summed E-state index contributed by atoms with van der Waals surface area (Å²) < 4.78 is 0. The van der Waals surface area contributed by atoms with Gasteiger partial charge >= 0.3 is 0 Å². The molecule has 0 amide bonds. The van der Waals surface area contributed by atoms with Crippen molar-refractivity contribution in [2.24, 2.45) is 11.8 Å². The van der Waals surface area contributed by atoms with E-state index in [1.807, 2.05) is 6.20 Å². The van der Waals surface area contributed by atoms with E-state index in [1.54, 1.807) is 0 Å². The molecule has 7 nitrogen and oxygen atoms in total. The van der Waals surface area contributed by atoms with Crippen molar-refractivity contribution in [3.8, 4) is 39.7 Å². The monoisotopic (exact) mass is 473 g/mol. The zero-order chi connectivity index (χ0) is 23.8. The van der Waals surface area contributed by atoms with Crippen LogP contribution in [0.3, 0.4) is 0 Å². The first-order chi connectivity index (χ1) is 17.7. The maximum Gasteiger partial charge on any atom is 0.145 e. The molecule has 4 aliphatic rings. The fourth-order valence-electron chi connectivity index (χ4n) is 6.23. The molecule has 4 fully saturated rings. The molecular formula is C29H27N7. The molecule has 2 aromatic carbocycles. The van der Waals surface area contributed by atoms with Crippen LogP contribution in [0.15, 0.2) is 54.7 Å². The first-order valence-corrected chi connectivity index (χ1v) is 13.0. The van der Waals surface area contributed by atoms with E-state index in [0.29, 0.717) is 23.8 Å². The molecule has 2 unspecified atom stereocenters. The van der Waals surface area contributed by atoms with Crippen LogP contribution in [-0.4, -0.2) is 32.0 Å². The minimum Gasteiger partial charge on any atom is -0.347 e. The second-order valence-electron chi connectivity index (χ2n) is 10.9. The Morgan fingerprint density at radius 1 is 0.694 bits per heavy atom. The minimum absolute atomic E-state index is 0.234. The Hall–Kier alpha value is -3.73. The largest absolute Gasteiger partial charge is 0.347 e. The van der Waals surface area contributed by atoms with E-state index in [0.717, 1.165) is 63.5 Å². The van der Waals surface area contributed by atoms with Crippen molar-refractivity contribution < 1.29 is 0 Å². The Morgan fingerprint density at radius 2 is 1.28 bits per heavy atom. The zero-order valence-electron chi connectivity index (χ0n) is 19.8. The van der Waals surface area contributed by atoms with E-state index in [4.69, 9.17) is 9.97 Å². The summed E-state index contributed by atoms with van der Waals surface area (Å²) in [6.45, 7) is 0. The van der Waals surface area contributed by atoms with Crippen molar-refractivity contribution in [3.63, 3.8) is 0 Å². The van der Waals surface area contributed by atoms with Gasteiger partial charge in [0.25, 0.3) is 0 Å². The highest BCUT2D eigenvalue weighted by atomic mass is 15.1. The van der Waals surface area contributed by atoms with E-state index in [1.165, 1.54) is 19.3 Å². The number of nitrogens with zero attached hydrogens (tertiary/aromatic N) is 3. The Labute approximate surface area is 209 Å². The van der Waals surface area contributed by atoms with Crippen LogP contribution in [0.25, 0.3) is 33.6 Å². The van der Waals surface area contributed by atoms with E-state index < -0.39 is 0 Å².